The van der Waals surface area contributed by atoms with Crippen molar-refractivity contribution in [2.24, 2.45) is 0 Å². The van der Waals surface area contributed by atoms with Crippen molar-refractivity contribution in [2.45, 2.75) is 65.1 Å². The minimum atomic E-state index is -1.20. The predicted octanol–water partition coefficient (Wildman–Crippen LogP) is 3.77. The van der Waals surface area contributed by atoms with Gasteiger partial charge in [0, 0.05) is 0 Å². The topological polar surface area (TPSA) is 12.0 Å². The van der Waals surface area contributed by atoms with Gasteiger partial charge in [-0.25, -0.2) is 0 Å². The largest absolute Gasteiger partial charge is 0.337 e. The van der Waals surface area contributed by atoms with Crippen LogP contribution in [0, 0.1) is 0 Å². The molecular weight excluding hydrogens is 174 g/mol. The summed E-state index contributed by atoms with van der Waals surface area (Å²) >= 11 is 0. The fourth-order valence-electron chi connectivity index (χ4n) is 2.48. The van der Waals surface area contributed by atoms with Crippen molar-refractivity contribution in [2.75, 3.05) is 6.54 Å². The molecule has 0 aliphatic carbocycles. The summed E-state index contributed by atoms with van der Waals surface area (Å²) in [5.41, 5.74) is 1.71. The first kappa shape index (κ1) is 13.2. The minimum absolute atomic E-state index is 0.854. The van der Waals surface area contributed by atoms with Gasteiger partial charge in [0.15, 0.2) is 0 Å². The first-order chi connectivity index (χ1) is 6.01. The van der Waals surface area contributed by atoms with Crippen LogP contribution in [0.3, 0.4) is 0 Å². The molecule has 1 nitrogen and oxygen atoms in total. The molecule has 0 aromatic heterocycles. The molecule has 0 atom stereocenters. The third-order valence-electron chi connectivity index (χ3n) is 3.23. The Morgan fingerprint density at radius 1 is 1.00 bits per heavy atom. The first-order valence-electron chi connectivity index (χ1n) is 5.76. The molecule has 0 radical (unpaired) electrons. The standard InChI is InChI=1S/C11H27NSi/c1-7-9-13(10(3)4,11(5)6)12-8-2/h10-12H,7-9H2,1-6H3. The van der Waals surface area contributed by atoms with Gasteiger partial charge in [-0.2, -0.15) is 0 Å². The number of nitrogens with one attached hydrogen (secondary N) is 1. The third kappa shape index (κ3) is 3.10. The monoisotopic (exact) mass is 201 g/mol. The summed E-state index contributed by atoms with van der Waals surface area (Å²) in [6.07, 6.45) is 1.33. The lowest BCUT2D eigenvalue weighted by Gasteiger charge is -2.39. The Bertz CT molecular complexity index is 116. The Kier molecular flexibility index (Phi) is 5.89. The van der Waals surface area contributed by atoms with Gasteiger partial charge in [0.05, 0.1) is 0 Å². The van der Waals surface area contributed by atoms with Crippen molar-refractivity contribution in [3.63, 3.8) is 0 Å². The molecule has 13 heavy (non-hydrogen) atoms. The van der Waals surface area contributed by atoms with Gasteiger partial charge in [-0.15, -0.1) is 0 Å². The highest BCUT2D eigenvalue weighted by Crippen LogP contribution is 2.34. The average molecular weight is 201 g/mol. The first-order valence-corrected chi connectivity index (χ1v) is 8.12. The van der Waals surface area contributed by atoms with Crippen LogP contribution < -0.4 is 4.98 Å². The van der Waals surface area contributed by atoms with Crippen molar-refractivity contribution in [1.29, 1.82) is 0 Å². The molecule has 0 fully saturated rings. The zero-order valence-electron chi connectivity index (χ0n) is 10.3. The van der Waals surface area contributed by atoms with E-state index in [1.54, 1.807) is 0 Å². The Morgan fingerprint density at radius 3 is 1.69 bits per heavy atom. The lowest BCUT2D eigenvalue weighted by Crippen LogP contribution is -2.55. The van der Waals surface area contributed by atoms with Crippen LogP contribution in [0.15, 0.2) is 0 Å². The van der Waals surface area contributed by atoms with Gasteiger partial charge in [0.25, 0.3) is 0 Å². The molecule has 2 heteroatoms. The zero-order valence-corrected chi connectivity index (χ0v) is 11.3. The maximum Gasteiger partial charge on any atom is 0.130 e. The minimum Gasteiger partial charge on any atom is -0.337 e. The highest BCUT2D eigenvalue weighted by molar-refractivity contribution is 6.80. The normalized spacial score (nSPS) is 12.9. The van der Waals surface area contributed by atoms with E-state index in [4.69, 9.17) is 0 Å². The Balaban J connectivity index is 4.59. The summed E-state index contributed by atoms with van der Waals surface area (Å²) in [4.78, 5) is 3.83. The summed E-state index contributed by atoms with van der Waals surface area (Å²) in [6, 6.07) is 1.43. The second kappa shape index (κ2) is 5.81. The molecule has 0 amide bonds. The molecule has 0 unspecified atom stereocenters. The van der Waals surface area contributed by atoms with E-state index in [1.165, 1.54) is 12.5 Å². The van der Waals surface area contributed by atoms with E-state index < -0.39 is 8.24 Å². The van der Waals surface area contributed by atoms with Gasteiger partial charge in [-0.05, 0) is 23.7 Å². The summed E-state index contributed by atoms with van der Waals surface area (Å²) in [7, 11) is -1.20. The fraction of sp³-hybridized carbons (Fsp3) is 1.00. The summed E-state index contributed by atoms with van der Waals surface area (Å²) < 4.78 is 0. The van der Waals surface area contributed by atoms with Crippen LogP contribution in [-0.4, -0.2) is 14.8 Å². The molecule has 0 aromatic carbocycles. The molecule has 0 saturated carbocycles. The zero-order chi connectivity index (χ0) is 10.5. The lowest BCUT2D eigenvalue weighted by atomic mass is 10.5. The highest BCUT2D eigenvalue weighted by Gasteiger charge is 2.37. The van der Waals surface area contributed by atoms with Crippen molar-refractivity contribution < 1.29 is 0 Å². The molecule has 1 N–H and O–H groups in total. The highest BCUT2D eigenvalue weighted by atomic mass is 28.3. The molecule has 0 rings (SSSR count). The fourth-order valence-corrected chi connectivity index (χ4v) is 7.45. The van der Waals surface area contributed by atoms with E-state index in [-0.39, 0.29) is 0 Å². The number of hydrogen-bond acceptors (Lipinski definition) is 1. The maximum atomic E-state index is 3.83. The van der Waals surface area contributed by atoms with Crippen molar-refractivity contribution in [3.8, 4) is 0 Å². The van der Waals surface area contributed by atoms with Gasteiger partial charge < -0.3 is 4.98 Å². The van der Waals surface area contributed by atoms with Crippen LogP contribution in [-0.2, 0) is 0 Å². The Morgan fingerprint density at radius 2 is 1.46 bits per heavy atom. The quantitative estimate of drug-likeness (QED) is 0.645. The van der Waals surface area contributed by atoms with Crippen molar-refractivity contribution in [1.82, 2.24) is 4.98 Å². The van der Waals surface area contributed by atoms with E-state index in [1.807, 2.05) is 0 Å². The van der Waals surface area contributed by atoms with Gasteiger partial charge in [-0.3, -0.25) is 0 Å². The Labute approximate surface area is 85.4 Å². The summed E-state index contributed by atoms with van der Waals surface area (Å²) in [5, 5.41) is 0. The molecule has 0 saturated heterocycles. The molecule has 0 spiro atoms. The van der Waals surface area contributed by atoms with Gasteiger partial charge in [0.1, 0.15) is 8.24 Å². The lowest BCUT2D eigenvalue weighted by molar-refractivity contribution is 0.770. The average Bonchev–Trinajstić information content (AvgIpc) is 2.03. The molecule has 80 valence electrons. The summed E-state index contributed by atoms with van der Waals surface area (Å²) in [6.45, 7) is 15.3. The van der Waals surface area contributed by atoms with Crippen molar-refractivity contribution in [3.05, 3.63) is 0 Å². The molecule has 0 aliphatic rings. The second-order valence-electron chi connectivity index (χ2n) is 4.63. The molecule has 0 bridgehead atoms. The van der Waals surface area contributed by atoms with E-state index in [0.29, 0.717) is 0 Å². The Hall–Kier alpha value is 0.177. The predicted molar refractivity (Wildman–Crippen MR) is 64.7 cm³/mol. The maximum absolute atomic E-state index is 3.83. The van der Waals surface area contributed by atoms with Gasteiger partial charge in [0.2, 0.25) is 0 Å². The second-order valence-corrected chi connectivity index (χ2v) is 9.87. The smallest absolute Gasteiger partial charge is 0.130 e. The van der Waals surface area contributed by atoms with Crippen LogP contribution in [0.25, 0.3) is 0 Å². The molecule has 0 heterocycles. The van der Waals surface area contributed by atoms with E-state index >= 15 is 0 Å². The van der Waals surface area contributed by atoms with E-state index in [0.717, 1.165) is 17.6 Å². The van der Waals surface area contributed by atoms with Crippen LogP contribution in [0.2, 0.25) is 17.1 Å². The van der Waals surface area contributed by atoms with Crippen LogP contribution in [0.1, 0.15) is 48.0 Å². The molecule has 0 aromatic rings. The van der Waals surface area contributed by atoms with E-state index in [9.17, 15) is 0 Å². The SMILES string of the molecule is CCC[Si](NCC)(C(C)C)C(C)C. The van der Waals surface area contributed by atoms with Crippen LogP contribution >= 0.6 is 0 Å². The summed E-state index contributed by atoms with van der Waals surface area (Å²) in [5.74, 6) is 0. The van der Waals surface area contributed by atoms with Crippen LogP contribution in [0.5, 0.6) is 0 Å². The number of hydrogen-bond donors (Lipinski definition) is 1. The molecule has 0 aliphatic heterocycles. The molecular formula is C11H27NSi. The number of rotatable bonds is 6. The van der Waals surface area contributed by atoms with Gasteiger partial charge in [-0.1, -0.05) is 48.0 Å². The van der Waals surface area contributed by atoms with Gasteiger partial charge >= 0.3 is 0 Å². The van der Waals surface area contributed by atoms with Crippen molar-refractivity contribution >= 4 is 8.24 Å². The van der Waals surface area contributed by atoms with Crippen LogP contribution in [0.4, 0.5) is 0 Å². The van der Waals surface area contributed by atoms with E-state index in [2.05, 4.69) is 46.5 Å². The third-order valence-corrected chi connectivity index (χ3v) is 9.69.